The Hall–Kier alpha value is -3.51. The zero-order valence-corrected chi connectivity index (χ0v) is 19.7. The Morgan fingerprint density at radius 2 is 1.56 bits per heavy atom. The summed E-state index contributed by atoms with van der Waals surface area (Å²) in [6.45, 7) is 1.35. The lowest BCUT2D eigenvalue weighted by Gasteiger charge is -2.34. The Bertz CT molecular complexity index is 1230. The predicted octanol–water partition coefficient (Wildman–Crippen LogP) is 5.04. The number of benzene rings is 3. The Labute approximate surface area is 203 Å². The molecule has 34 heavy (non-hydrogen) atoms. The molecule has 0 radical (unpaired) electrons. The summed E-state index contributed by atoms with van der Waals surface area (Å²) in [7, 11) is 0. The van der Waals surface area contributed by atoms with Crippen LogP contribution >= 0.6 is 11.3 Å². The fourth-order valence-electron chi connectivity index (χ4n) is 4.51. The van der Waals surface area contributed by atoms with Gasteiger partial charge in [0.2, 0.25) is 5.91 Å². The van der Waals surface area contributed by atoms with E-state index in [-0.39, 0.29) is 11.8 Å². The molecule has 1 saturated heterocycles. The van der Waals surface area contributed by atoms with Gasteiger partial charge in [-0.05, 0) is 42.7 Å². The van der Waals surface area contributed by atoms with Crippen LogP contribution in [0.25, 0.3) is 10.2 Å². The first-order chi connectivity index (χ1) is 16.7. The minimum absolute atomic E-state index is 0.0177. The topological polar surface area (TPSA) is 62.3 Å². The summed E-state index contributed by atoms with van der Waals surface area (Å²) >= 11 is 1.76. The van der Waals surface area contributed by atoms with Crippen LogP contribution in [0.15, 0.2) is 84.9 Å². The molecule has 1 aromatic heterocycles. The lowest BCUT2D eigenvalue weighted by molar-refractivity contribution is -0.134. The highest BCUT2D eigenvalue weighted by molar-refractivity contribution is 7.18. The summed E-state index contributed by atoms with van der Waals surface area (Å²) in [5.74, 6) is 0.128. The van der Waals surface area contributed by atoms with Gasteiger partial charge in [-0.3, -0.25) is 9.59 Å². The molecule has 5 rings (SSSR count). The average molecular weight is 470 g/mol. The zero-order valence-electron chi connectivity index (χ0n) is 18.9. The largest absolute Gasteiger partial charge is 0.341 e. The maximum Gasteiger partial charge on any atom is 0.251 e. The van der Waals surface area contributed by atoms with Crippen molar-refractivity contribution in [1.29, 1.82) is 0 Å². The molecule has 1 fully saturated rings. The zero-order chi connectivity index (χ0) is 23.3. The van der Waals surface area contributed by atoms with Crippen LogP contribution in [0, 0.1) is 0 Å². The normalized spacial score (nSPS) is 15.2. The Balaban J connectivity index is 1.28. The molecule has 1 aliphatic rings. The van der Waals surface area contributed by atoms with Crippen LogP contribution in [0.3, 0.4) is 0 Å². The van der Waals surface area contributed by atoms with Gasteiger partial charge in [0.1, 0.15) is 6.04 Å². The summed E-state index contributed by atoms with van der Waals surface area (Å²) in [5, 5.41) is 4.16. The van der Waals surface area contributed by atoms with Gasteiger partial charge < -0.3 is 10.2 Å². The van der Waals surface area contributed by atoms with E-state index in [1.807, 2.05) is 65.6 Å². The number of hydrogen-bond donors (Lipinski definition) is 1. The van der Waals surface area contributed by atoms with Gasteiger partial charge in [-0.2, -0.15) is 0 Å². The lowest BCUT2D eigenvalue weighted by atomic mass is 9.96. The summed E-state index contributed by atoms with van der Waals surface area (Å²) in [6, 6.07) is 26.5. The van der Waals surface area contributed by atoms with Crippen molar-refractivity contribution in [3.63, 3.8) is 0 Å². The van der Waals surface area contributed by atoms with Crippen molar-refractivity contribution in [3.05, 3.63) is 101 Å². The maximum absolute atomic E-state index is 13.6. The molecular formula is C28H27N3O2S. The second-order valence-electron chi connectivity index (χ2n) is 8.70. The lowest BCUT2D eigenvalue weighted by Crippen LogP contribution is -2.51. The van der Waals surface area contributed by atoms with Crippen molar-refractivity contribution < 1.29 is 9.59 Å². The molecule has 1 N–H and O–H groups in total. The Kier molecular flexibility index (Phi) is 6.67. The minimum Gasteiger partial charge on any atom is -0.341 e. The number of rotatable bonds is 6. The Morgan fingerprint density at radius 1 is 0.912 bits per heavy atom. The molecule has 2 heterocycles. The quantitative estimate of drug-likeness (QED) is 0.430. The third-order valence-corrected chi connectivity index (χ3v) is 7.59. The molecule has 6 heteroatoms. The molecular weight excluding hydrogens is 442 g/mol. The van der Waals surface area contributed by atoms with Gasteiger partial charge in [-0.1, -0.05) is 60.7 Å². The van der Waals surface area contributed by atoms with Crippen molar-refractivity contribution in [3.8, 4) is 0 Å². The molecule has 3 aromatic carbocycles. The van der Waals surface area contributed by atoms with Crippen molar-refractivity contribution in [1.82, 2.24) is 15.2 Å². The SMILES string of the molecule is O=C(N[C@H](Cc1ccccc1)C(=O)N1CCC(c2nc3ccccc3s2)CC1)c1ccccc1. The predicted molar refractivity (Wildman–Crippen MR) is 136 cm³/mol. The van der Waals surface area contributed by atoms with Crippen LogP contribution in [0.5, 0.6) is 0 Å². The van der Waals surface area contributed by atoms with Crippen LogP contribution in [-0.4, -0.2) is 40.8 Å². The van der Waals surface area contributed by atoms with Gasteiger partial charge in [-0.25, -0.2) is 4.98 Å². The van der Waals surface area contributed by atoms with Crippen molar-refractivity contribution >= 4 is 33.4 Å². The maximum atomic E-state index is 13.6. The molecule has 0 spiro atoms. The van der Waals surface area contributed by atoms with Crippen molar-refractivity contribution in [2.24, 2.45) is 0 Å². The molecule has 0 bridgehead atoms. The van der Waals surface area contributed by atoms with E-state index < -0.39 is 6.04 Å². The number of aromatic nitrogens is 1. The van der Waals surface area contributed by atoms with Gasteiger partial charge in [0.15, 0.2) is 0 Å². The number of piperidine rings is 1. The summed E-state index contributed by atoms with van der Waals surface area (Å²) in [6.07, 6.45) is 2.24. The number of amides is 2. The van der Waals surface area contributed by atoms with E-state index in [1.165, 1.54) is 4.70 Å². The van der Waals surface area contributed by atoms with Crippen LogP contribution < -0.4 is 5.32 Å². The number of nitrogens with zero attached hydrogens (tertiary/aromatic N) is 2. The van der Waals surface area contributed by atoms with Crippen LogP contribution in [0.4, 0.5) is 0 Å². The smallest absolute Gasteiger partial charge is 0.251 e. The third kappa shape index (κ3) is 5.02. The molecule has 0 saturated carbocycles. The highest BCUT2D eigenvalue weighted by Crippen LogP contribution is 2.34. The van der Waals surface area contributed by atoms with Crippen LogP contribution in [0.1, 0.15) is 39.7 Å². The number of nitrogens with one attached hydrogen (secondary N) is 1. The number of fused-ring (bicyclic) bond motifs is 1. The number of hydrogen-bond acceptors (Lipinski definition) is 4. The molecule has 0 aliphatic carbocycles. The molecule has 2 amide bonds. The van der Waals surface area contributed by atoms with Crippen molar-refractivity contribution in [2.75, 3.05) is 13.1 Å². The van der Waals surface area contributed by atoms with E-state index in [4.69, 9.17) is 4.98 Å². The summed E-state index contributed by atoms with van der Waals surface area (Å²) in [5.41, 5.74) is 2.63. The van der Waals surface area contributed by atoms with Gasteiger partial charge in [0.25, 0.3) is 5.91 Å². The van der Waals surface area contributed by atoms with Crippen LogP contribution in [-0.2, 0) is 11.2 Å². The Morgan fingerprint density at radius 3 is 2.26 bits per heavy atom. The van der Waals surface area contributed by atoms with Gasteiger partial charge in [-0.15, -0.1) is 11.3 Å². The molecule has 5 nitrogen and oxygen atoms in total. The second-order valence-corrected chi connectivity index (χ2v) is 9.76. The minimum atomic E-state index is -0.603. The fourth-order valence-corrected chi connectivity index (χ4v) is 5.65. The van der Waals surface area contributed by atoms with Gasteiger partial charge in [0.05, 0.1) is 15.2 Å². The standard InChI is InChI=1S/C28H27N3O2S/c32-26(21-11-5-2-6-12-21)29-24(19-20-9-3-1-4-10-20)28(33)31-17-15-22(16-18-31)27-30-23-13-7-8-14-25(23)34-27/h1-14,22,24H,15-19H2,(H,29,32)/t24-/m1/s1. The van der Waals surface area contributed by atoms with E-state index in [1.54, 1.807) is 23.5 Å². The number of likely N-dealkylation sites (tertiary alicyclic amines) is 1. The fraction of sp³-hybridized carbons (Fsp3) is 0.250. The first-order valence-electron chi connectivity index (χ1n) is 11.7. The number of carbonyl (C=O) groups is 2. The van der Waals surface area contributed by atoms with Crippen LogP contribution in [0.2, 0.25) is 0 Å². The first-order valence-corrected chi connectivity index (χ1v) is 12.5. The molecule has 1 aliphatic heterocycles. The first kappa shape index (κ1) is 22.3. The molecule has 4 aromatic rings. The number of thiazole rings is 1. The van der Waals surface area contributed by atoms with E-state index >= 15 is 0 Å². The molecule has 0 unspecified atom stereocenters. The third-order valence-electron chi connectivity index (χ3n) is 6.39. The summed E-state index contributed by atoms with van der Waals surface area (Å²) in [4.78, 5) is 33.2. The highest BCUT2D eigenvalue weighted by Gasteiger charge is 2.31. The monoisotopic (exact) mass is 469 g/mol. The summed E-state index contributed by atoms with van der Waals surface area (Å²) < 4.78 is 1.21. The van der Waals surface area contributed by atoms with Gasteiger partial charge in [0, 0.05) is 31.0 Å². The van der Waals surface area contributed by atoms with E-state index in [0.29, 0.717) is 31.0 Å². The van der Waals surface area contributed by atoms with E-state index in [9.17, 15) is 9.59 Å². The van der Waals surface area contributed by atoms with Gasteiger partial charge >= 0.3 is 0 Å². The number of para-hydroxylation sites is 1. The van der Waals surface area contributed by atoms with E-state index in [2.05, 4.69) is 17.4 Å². The highest BCUT2D eigenvalue weighted by atomic mass is 32.1. The average Bonchev–Trinajstić information content (AvgIpc) is 3.33. The van der Waals surface area contributed by atoms with E-state index in [0.717, 1.165) is 28.9 Å². The van der Waals surface area contributed by atoms with Crippen molar-refractivity contribution in [2.45, 2.75) is 31.2 Å². The molecule has 172 valence electrons. The number of carbonyl (C=O) groups excluding carboxylic acids is 2. The molecule has 1 atom stereocenters. The second kappa shape index (κ2) is 10.2.